The molecule has 0 aromatic rings. The van der Waals surface area contributed by atoms with Crippen molar-refractivity contribution in [1.82, 2.24) is 5.06 Å². The van der Waals surface area contributed by atoms with E-state index in [0.29, 0.717) is 5.06 Å². The lowest BCUT2D eigenvalue weighted by Crippen LogP contribution is -2.34. The van der Waals surface area contributed by atoms with Gasteiger partial charge in [-0.05, 0) is 27.7 Å². The molecule has 0 aromatic heterocycles. The predicted molar refractivity (Wildman–Crippen MR) is 81.8 cm³/mol. The molecule has 0 aliphatic heterocycles. The van der Waals surface area contributed by atoms with Crippen molar-refractivity contribution in [3.8, 4) is 0 Å². The van der Waals surface area contributed by atoms with E-state index in [9.17, 15) is 14.2 Å². The molecule has 0 unspecified atom stereocenters. The maximum Gasteiger partial charge on any atom is 0.533 e. The van der Waals surface area contributed by atoms with E-state index in [1.54, 1.807) is 27.7 Å². The van der Waals surface area contributed by atoms with Gasteiger partial charge >= 0.3 is 19.8 Å². The minimum atomic E-state index is -3.40. The minimum absolute atomic E-state index is 0.0925. The summed E-state index contributed by atoms with van der Waals surface area (Å²) in [5.41, 5.74) is 0. The number of hydrogen-bond donors (Lipinski definition) is 0. The summed E-state index contributed by atoms with van der Waals surface area (Å²) in [6.45, 7) is 6.93. The van der Waals surface area contributed by atoms with Crippen LogP contribution in [0, 0.1) is 0 Å². The van der Waals surface area contributed by atoms with Crippen LogP contribution in [0.3, 0.4) is 0 Å². The van der Waals surface area contributed by atoms with Gasteiger partial charge in [-0.15, -0.1) is 5.06 Å². The molecule has 9 nitrogen and oxygen atoms in total. The zero-order chi connectivity index (χ0) is 17.7. The first-order valence-electron chi connectivity index (χ1n) is 7.27. The van der Waals surface area contributed by atoms with E-state index in [4.69, 9.17) is 18.6 Å². The highest BCUT2D eigenvalue weighted by Gasteiger charge is 2.22. The van der Waals surface area contributed by atoms with Crippen molar-refractivity contribution < 1.29 is 37.5 Å². The number of hydroxylamine groups is 2. The highest BCUT2D eigenvalue weighted by molar-refractivity contribution is 7.57. The lowest BCUT2D eigenvalue weighted by molar-refractivity contribution is -0.103. The molecule has 10 heteroatoms. The van der Waals surface area contributed by atoms with Gasteiger partial charge in [0.1, 0.15) is 0 Å². The number of nitrogens with zero attached hydrogens (tertiary/aromatic N) is 1. The van der Waals surface area contributed by atoms with Crippen molar-refractivity contribution in [3.05, 3.63) is 11.9 Å². The van der Waals surface area contributed by atoms with Crippen LogP contribution in [0.25, 0.3) is 0 Å². The zero-order valence-corrected chi connectivity index (χ0v) is 14.7. The predicted octanol–water partition coefficient (Wildman–Crippen LogP) is 3.31. The van der Waals surface area contributed by atoms with Crippen molar-refractivity contribution in [2.75, 3.05) is 33.0 Å². The van der Waals surface area contributed by atoms with Crippen molar-refractivity contribution in [1.29, 1.82) is 0 Å². The van der Waals surface area contributed by atoms with E-state index < -0.39 is 19.8 Å². The van der Waals surface area contributed by atoms with Crippen LogP contribution >= 0.6 is 7.60 Å². The topological polar surface area (TPSA) is 101 Å². The van der Waals surface area contributed by atoms with Crippen LogP contribution in [-0.2, 0) is 27.9 Å². The quantitative estimate of drug-likeness (QED) is 0.353. The summed E-state index contributed by atoms with van der Waals surface area (Å²) < 4.78 is 31.7. The smallest absolute Gasteiger partial charge is 0.448 e. The van der Waals surface area contributed by atoms with Crippen LogP contribution in [0.4, 0.5) is 9.59 Å². The van der Waals surface area contributed by atoms with Gasteiger partial charge in [0, 0.05) is 5.82 Å². The molecule has 0 bridgehead atoms. The third-order valence-electron chi connectivity index (χ3n) is 2.10. The lowest BCUT2D eigenvalue weighted by Gasteiger charge is -2.18. The Morgan fingerprint density at radius 1 is 0.957 bits per heavy atom. The third-order valence-corrected chi connectivity index (χ3v) is 3.91. The Morgan fingerprint density at radius 2 is 1.52 bits per heavy atom. The maximum absolute atomic E-state index is 12.2. The number of ether oxygens (including phenoxy) is 2. The van der Waals surface area contributed by atoms with E-state index in [0.717, 1.165) is 0 Å². The lowest BCUT2D eigenvalue weighted by atomic mass is 10.6. The van der Waals surface area contributed by atoms with Crippen LogP contribution in [0.1, 0.15) is 27.7 Å². The van der Waals surface area contributed by atoms with Crippen molar-refractivity contribution in [3.63, 3.8) is 0 Å². The molecule has 0 rings (SSSR count). The monoisotopic (exact) mass is 353 g/mol. The van der Waals surface area contributed by atoms with Gasteiger partial charge in [0.05, 0.1) is 33.0 Å². The molecular formula is C13H24NO8P. The standard InChI is InChI=1S/C13H24NO8P/c1-5-18-12(15)14(22-13(16)19-6-2)10-9-11-23(17,20-7-3)21-8-4/h9,11H,5-8,10H2,1-4H3. The molecule has 0 aromatic carbocycles. The Hall–Kier alpha value is -1.57. The molecule has 0 heterocycles. The van der Waals surface area contributed by atoms with Gasteiger partial charge in [-0.25, -0.2) is 9.59 Å². The second-order valence-corrected chi connectivity index (χ2v) is 5.69. The number of carbonyl (C=O) groups is 2. The van der Waals surface area contributed by atoms with Crippen LogP contribution < -0.4 is 0 Å². The highest BCUT2D eigenvalue weighted by Crippen LogP contribution is 2.49. The number of amides is 1. The molecule has 0 atom stereocenters. The molecule has 0 saturated carbocycles. The number of carbonyl (C=O) groups excluding carboxylic acids is 2. The molecule has 0 fully saturated rings. The summed E-state index contributed by atoms with van der Waals surface area (Å²) in [5.74, 6) is 1.20. The molecule has 0 aliphatic rings. The molecule has 0 N–H and O–H groups in total. The summed E-state index contributed by atoms with van der Waals surface area (Å²) in [4.78, 5) is 27.7. The van der Waals surface area contributed by atoms with Gasteiger partial charge < -0.3 is 18.5 Å². The third kappa shape index (κ3) is 9.22. The fourth-order valence-electron chi connectivity index (χ4n) is 1.33. The molecule has 134 valence electrons. The molecular weight excluding hydrogens is 329 g/mol. The summed E-state index contributed by atoms with van der Waals surface area (Å²) in [7, 11) is -3.40. The summed E-state index contributed by atoms with van der Waals surface area (Å²) in [6.07, 6.45) is -0.609. The van der Waals surface area contributed by atoms with Crippen molar-refractivity contribution in [2.24, 2.45) is 0 Å². The van der Waals surface area contributed by atoms with Crippen LogP contribution in [0.15, 0.2) is 11.9 Å². The van der Waals surface area contributed by atoms with E-state index >= 15 is 0 Å². The van der Waals surface area contributed by atoms with Gasteiger partial charge in [0.15, 0.2) is 0 Å². The zero-order valence-electron chi connectivity index (χ0n) is 13.9. The molecule has 23 heavy (non-hydrogen) atoms. The van der Waals surface area contributed by atoms with Crippen LogP contribution in [0.2, 0.25) is 0 Å². The van der Waals surface area contributed by atoms with Crippen molar-refractivity contribution >= 4 is 19.8 Å². The van der Waals surface area contributed by atoms with E-state index in [1.807, 2.05) is 0 Å². The van der Waals surface area contributed by atoms with Crippen molar-refractivity contribution in [2.45, 2.75) is 27.7 Å². The Morgan fingerprint density at radius 3 is 2.00 bits per heavy atom. The average Bonchev–Trinajstić information content (AvgIpc) is 2.47. The van der Waals surface area contributed by atoms with Crippen LogP contribution in [-0.4, -0.2) is 50.3 Å². The van der Waals surface area contributed by atoms with Gasteiger partial charge in [-0.2, -0.15) is 0 Å². The average molecular weight is 353 g/mol. The number of hydrogen-bond acceptors (Lipinski definition) is 8. The van der Waals surface area contributed by atoms with Crippen LogP contribution in [0.5, 0.6) is 0 Å². The maximum atomic E-state index is 12.2. The van der Waals surface area contributed by atoms with Gasteiger partial charge in [0.25, 0.3) is 0 Å². The fourth-order valence-corrected chi connectivity index (χ4v) is 2.65. The van der Waals surface area contributed by atoms with E-state index in [-0.39, 0.29) is 33.0 Å². The SMILES string of the molecule is CCOC(=O)ON(CC=CP(=O)(OCC)OCC)C(=O)OCC. The highest BCUT2D eigenvalue weighted by atomic mass is 31.2. The first kappa shape index (κ1) is 21.4. The number of rotatable bonds is 9. The van der Waals surface area contributed by atoms with E-state index in [2.05, 4.69) is 4.74 Å². The van der Waals surface area contributed by atoms with Gasteiger partial charge in [0.2, 0.25) is 0 Å². The Bertz CT molecular complexity index is 430. The fraction of sp³-hybridized carbons (Fsp3) is 0.692. The summed E-state index contributed by atoms with van der Waals surface area (Å²) in [5, 5.41) is 0.639. The molecule has 0 radical (unpaired) electrons. The van der Waals surface area contributed by atoms with Gasteiger partial charge in [-0.1, -0.05) is 6.08 Å². The second-order valence-electron chi connectivity index (χ2n) is 3.79. The Balaban J connectivity index is 4.86. The Kier molecular flexibility index (Phi) is 11.1. The molecule has 0 saturated heterocycles. The first-order valence-corrected chi connectivity index (χ1v) is 8.89. The molecule has 0 spiro atoms. The first-order chi connectivity index (χ1) is 10.9. The normalized spacial score (nSPS) is 11.3. The summed E-state index contributed by atoms with van der Waals surface area (Å²) >= 11 is 0. The Labute approximate surface area is 135 Å². The molecule has 0 aliphatic carbocycles. The van der Waals surface area contributed by atoms with E-state index in [1.165, 1.54) is 11.9 Å². The molecule has 1 amide bonds. The second kappa shape index (κ2) is 11.9. The summed E-state index contributed by atoms with van der Waals surface area (Å²) in [6, 6.07) is 0. The minimum Gasteiger partial charge on any atom is -0.448 e. The van der Waals surface area contributed by atoms with Gasteiger partial charge in [-0.3, -0.25) is 9.40 Å². The largest absolute Gasteiger partial charge is 0.533 e.